The van der Waals surface area contributed by atoms with Gasteiger partial charge in [-0.2, -0.15) is 0 Å². The van der Waals surface area contributed by atoms with Crippen molar-refractivity contribution < 1.29 is 18.3 Å². The molecule has 0 saturated carbocycles. The van der Waals surface area contributed by atoms with Crippen LogP contribution in [0.15, 0.2) is 5.51 Å². The standard InChI is InChI=1S/C11H18N2O4S2/c1-7(2)10(11(14)15)13-19(16,17)5-4-9-8(3)12-6-18-9/h6-7,10,13H,4-5H2,1-3H3,(H,14,15)/t10-/m0/s1. The number of aryl methyl sites for hydroxylation is 2. The van der Waals surface area contributed by atoms with Crippen molar-refractivity contribution in [1.29, 1.82) is 0 Å². The van der Waals surface area contributed by atoms with Crippen molar-refractivity contribution in [1.82, 2.24) is 9.71 Å². The highest BCUT2D eigenvalue weighted by Crippen LogP contribution is 2.13. The average Bonchev–Trinajstić information content (AvgIpc) is 2.69. The predicted octanol–water partition coefficient (Wildman–Crippen LogP) is 1.02. The number of nitrogens with one attached hydrogen (secondary N) is 1. The van der Waals surface area contributed by atoms with Crippen LogP contribution in [-0.2, 0) is 21.2 Å². The first-order valence-electron chi connectivity index (χ1n) is 5.84. The van der Waals surface area contributed by atoms with Crippen LogP contribution in [0.1, 0.15) is 24.4 Å². The number of hydrogen-bond donors (Lipinski definition) is 2. The summed E-state index contributed by atoms with van der Waals surface area (Å²) in [6, 6.07) is -1.09. The Morgan fingerprint density at radius 1 is 1.53 bits per heavy atom. The summed E-state index contributed by atoms with van der Waals surface area (Å²) >= 11 is 1.40. The number of rotatable bonds is 7. The van der Waals surface area contributed by atoms with Gasteiger partial charge in [-0.25, -0.2) is 18.1 Å². The SMILES string of the molecule is Cc1ncsc1CCS(=O)(=O)N[C@H](C(=O)O)C(C)C. The van der Waals surface area contributed by atoms with Gasteiger partial charge in [0, 0.05) is 4.88 Å². The molecule has 1 rings (SSSR count). The lowest BCUT2D eigenvalue weighted by atomic mass is 10.1. The molecule has 108 valence electrons. The third kappa shape index (κ3) is 4.88. The van der Waals surface area contributed by atoms with E-state index in [9.17, 15) is 13.2 Å². The summed E-state index contributed by atoms with van der Waals surface area (Å²) in [5, 5.41) is 8.97. The van der Waals surface area contributed by atoms with Crippen molar-refractivity contribution in [3.8, 4) is 0 Å². The second kappa shape index (κ2) is 6.44. The lowest BCUT2D eigenvalue weighted by molar-refractivity contribution is -0.140. The topological polar surface area (TPSA) is 96.4 Å². The zero-order valence-electron chi connectivity index (χ0n) is 11.1. The predicted molar refractivity (Wildman–Crippen MR) is 73.7 cm³/mol. The molecule has 0 unspecified atom stereocenters. The van der Waals surface area contributed by atoms with Crippen LogP contribution >= 0.6 is 11.3 Å². The molecular formula is C11H18N2O4S2. The number of nitrogens with zero attached hydrogens (tertiary/aromatic N) is 1. The maximum atomic E-state index is 11.9. The maximum absolute atomic E-state index is 11.9. The van der Waals surface area contributed by atoms with E-state index in [4.69, 9.17) is 5.11 Å². The van der Waals surface area contributed by atoms with Gasteiger partial charge in [-0.3, -0.25) is 4.79 Å². The quantitative estimate of drug-likeness (QED) is 0.784. The van der Waals surface area contributed by atoms with Crippen LogP contribution in [0.2, 0.25) is 0 Å². The molecule has 0 spiro atoms. The molecule has 1 atom stereocenters. The first-order chi connectivity index (χ1) is 8.73. The maximum Gasteiger partial charge on any atom is 0.321 e. The summed E-state index contributed by atoms with van der Waals surface area (Å²) in [5.41, 5.74) is 2.48. The van der Waals surface area contributed by atoms with Gasteiger partial charge in [0.25, 0.3) is 0 Å². The molecule has 1 aromatic rings. The van der Waals surface area contributed by atoms with E-state index in [1.807, 2.05) is 6.92 Å². The Balaban J connectivity index is 2.66. The highest BCUT2D eigenvalue weighted by Gasteiger charge is 2.26. The fourth-order valence-corrected chi connectivity index (χ4v) is 3.78. The molecule has 0 fully saturated rings. The number of sulfonamides is 1. The van der Waals surface area contributed by atoms with Gasteiger partial charge in [-0.1, -0.05) is 13.8 Å². The molecule has 8 heteroatoms. The molecule has 6 nitrogen and oxygen atoms in total. The summed E-state index contributed by atoms with van der Waals surface area (Å²) in [6.07, 6.45) is 0.344. The summed E-state index contributed by atoms with van der Waals surface area (Å²) < 4.78 is 26.0. The third-order valence-electron chi connectivity index (χ3n) is 2.68. The first kappa shape index (κ1) is 16.1. The highest BCUT2D eigenvalue weighted by atomic mass is 32.2. The summed E-state index contributed by atoms with van der Waals surface area (Å²) in [5.74, 6) is -1.60. The Bertz CT molecular complexity index is 537. The number of aliphatic carboxylic acids is 1. The number of carboxylic acids is 1. The zero-order chi connectivity index (χ0) is 14.6. The molecule has 0 aliphatic rings. The van der Waals surface area contributed by atoms with Crippen LogP contribution in [0.3, 0.4) is 0 Å². The fourth-order valence-electron chi connectivity index (χ4n) is 1.52. The molecule has 0 bridgehead atoms. The lowest BCUT2D eigenvalue weighted by Crippen LogP contribution is -2.45. The normalized spacial score (nSPS) is 13.7. The van der Waals surface area contributed by atoms with E-state index in [2.05, 4.69) is 9.71 Å². The molecule has 1 aromatic heterocycles. The Kier molecular flexibility index (Phi) is 5.45. The molecule has 0 radical (unpaired) electrons. The van der Waals surface area contributed by atoms with Crippen LogP contribution in [0.25, 0.3) is 0 Å². The summed E-state index contributed by atoms with van der Waals surface area (Å²) in [6.45, 7) is 5.14. The molecule has 2 N–H and O–H groups in total. The van der Waals surface area contributed by atoms with Crippen molar-refractivity contribution in [2.24, 2.45) is 5.92 Å². The second-order valence-corrected chi connectivity index (χ2v) is 7.42. The molecule has 0 saturated heterocycles. The van der Waals surface area contributed by atoms with Gasteiger partial charge in [0.05, 0.1) is 17.0 Å². The smallest absolute Gasteiger partial charge is 0.321 e. The van der Waals surface area contributed by atoms with E-state index < -0.39 is 22.0 Å². The van der Waals surface area contributed by atoms with Gasteiger partial charge in [0.1, 0.15) is 6.04 Å². The van der Waals surface area contributed by atoms with E-state index in [0.717, 1.165) is 10.6 Å². The monoisotopic (exact) mass is 306 g/mol. The summed E-state index contributed by atoms with van der Waals surface area (Å²) in [4.78, 5) is 15.9. The van der Waals surface area contributed by atoms with Crippen molar-refractivity contribution in [3.05, 3.63) is 16.1 Å². The van der Waals surface area contributed by atoms with Gasteiger partial charge in [-0.05, 0) is 19.3 Å². The van der Waals surface area contributed by atoms with Crippen molar-refractivity contribution in [2.45, 2.75) is 33.2 Å². The van der Waals surface area contributed by atoms with Crippen molar-refractivity contribution in [3.63, 3.8) is 0 Å². The van der Waals surface area contributed by atoms with Crippen LogP contribution in [-0.4, -0.2) is 36.3 Å². The molecule has 0 aromatic carbocycles. The van der Waals surface area contributed by atoms with Crippen LogP contribution in [0.4, 0.5) is 0 Å². The molecule has 19 heavy (non-hydrogen) atoms. The molecule has 1 heterocycles. The number of carbonyl (C=O) groups is 1. The average molecular weight is 306 g/mol. The van der Waals surface area contributed by atoms with Crippen LogP contribution in [0, 0.1) is 12.8 Å². The number of thiazole rings is 1. The number of carboxylic acid groups (broad SMARTS) is 1. The van der Waals surface area contributed by atoms with E-state index in [1.165, 1.54) is 11.3 Å². The molecule has 0 aliphatic heterocycles. The zero-order valence-corrected chi connectivity index (χ0v) is 12.7. The van der Waals surface area contributed by atoms with Gasteiger partial charge in [-0.15, -0.1) is 11.3 Å². The van der Waals surface area contributed by atoms with Gasteiger partial charge in [0.15, 0.2) is 0 Å². The molecular weight excluding hydrogens is 288 g/mol. The van der Waals surface area contributed by atoms with E-state index in [0.29, 0.717) is 6.42 Å². The third-order valence-corrected chi connectivity index (χ3v) is 5.03. The second-order valence-electron chi connectivity index (χ2n) is 4.61. The lowest BCUT2D eigenvalue weighted by Gasteiger charge is -2.17. The molecule has 0 aliphatic carbocycles. The van der Waals surface area contributed by atoms with Crippen molar-refractivity contribution >= 4 is 27.3 Å². The van der Waals surface area contributed by atoms with E-state index >= 15 is 0 Å². The Morgan fingerprint density at radius 3 is 2.58 bits per heavy atom. The van der Waals surface area contributed by atoms with E-state index in [-0.39, 0.29) is 11.7 Å². The van der Waals surface area contributed by atoms with Gasteiger partial charge in [0.2, 0.25) is 10.0 Å². The summed E-state index contributed by atoms with van der Waals surface area (Å²) in [7, 11) is -3.62. The fraction of sp³-hybridized carbons (Fsp3) is 0.636. The minimum absolute atomic E-state index is 0.132. The Labute approximate surface area is 116 Å². The van der Waals surface area contributed by atoms with Crippen LogP contribution < -0.4 is 4.72 Å². The number of aromatic nitrogens is 1. The Hall–Kier alpha value is -0.990. The van der Waals surface area contributed by atoms with Crippen molar-refractivity contribution in [2.75, 3.05) is 5.75 Å². The van der Waals surface area contributed by atoms with Gasteiger partial charge < -0.3 is 5.11 Å². The number of hydrogen-bond acceptors (Lipinski definition) is 5. The van der Waals surface area contributed by atoms with E-state index in [1.54, 1.807) is 19.4 Å². The molecule has 0 amide bonds. The minimum Gasteiger partial charge on any atom is -0.480 e. The first-order valence-corrected chi connectivity index (χ1v) is 8.38. The van der Waals surface area contributed by atoms with Gasteiger partial charge >= 0.3 is 5.97 Å². The largest absolute Gasteiger partial charge is 0.480 e. The van der Waals surface area contributed by atoms with Crippen LogP contribution in [0.5, 0.6) is 0 Å². The highest BCUT2D eigenvalue weighted by molar-refractivity contribution is 7.89. The minimum atomic E-state index is -3.62. The Morgan fingerprint density at radius 2 is 2.16 bits per heavy atom.